The first kappa shape index (κ1) is 27.5. The van der Waals surface area contributed by atoms with Crippen LogP contribution in [0.4, 0.5) is 0 Å². The predicted octanol–water partition coefficient (Wildman–Crippen LogP) is -3.47. The van der Waals surface area contributed by atoms with Crippen molar-refractivity contribution in [1.82, 2.24) is 5.32 Å². The molecule has 4 rings (SSSR count). The van der Waals surface area contributed by atoms with Crippen LogP contribution in [0.25, 0.3) is 0 Å². The number of nitrogens with two attached hydrogens (primary N) is 4. The molecule has 0 aromatic heterocycles. The van der Waals surface area contributed by atoms with Crippen molar-refractivity contribution in [3.63, 3.8) is 0 Å². The second kappa shape index (κ2) is 11.1. The third-order valence-corrected chi connectivity index (χ3v) is 7.76. The fourth-order valence-electron chi connectivity index (χ4n) is 5.50. The van der Waals surface area contributed by atoms with E-state index in [1.807, 2.05) is 0 Å². The molecule has 3 aliphatic heterocycles. The summed E-state index contributed by atoms with van der Waals surface area (Å²) < 4.78 is 30.2. The van der Waals surface area contributed by atoms with Gasteiger partial charge in [0, 0.05) is 25.0 Å². The Morgan fingerprint density at radius 2 is 1.69 bits per heavy atom. The molecular weight excluding hydrogens is 462 g/mol. The summed E-state index contributed by atoms with van der Waals surface area (Å²) >= 11 is 0. The number of nitrogens with one attached hydrogen (secondary N) is 1. The molecule has 0 aromatic carbocycles. The lowest BCUT2D eigenvalue weighted by Crippen LogP contribution is -2.69. The molecule has 4 aliphatic rings. The van der Waals surface area contributed by atoms with Crippen LogP contribution in [-0.2, 0) is 23.7 Å². The molecule has 35 heavy (non-hydrogen) atoms. The highest BCUT2D eigenvalue weighted by Gasteiger charge is 2.53. The van der Waals surface area contributed by atoms with E-state index in [1.165, 1.54) is 0 Å². The Labute approximate surface area is 205 Å². The smallest absolute Gasteiger partial charge is 0.189 e. The van der Waals surface area contributed by atoms with Gasteiger partial charge in [0.1, 0.15) is 18.3 Å². The van der Waals surface area contributed by atoms with Gasteiger partial charge in [0.25, 0.3) is 0 Å². The van der Waals surface area contributed by atoms with Gasteiger partial charge in [-0.1, -0.05) is 0 Å². The molecule has 14 atom stereocenters. The Morgan fingerprint density at radius 3 is 2.37 bits per heavy atom. The van der Waals surface area contributed by atoms with E-state index in [-0.39, 0.29) is 31.2 Å². The molecule has 9 unspecified atom stereocenters. The minimum atomic E-state index is -1.31. The molecular formula is C22H43N5O8. The maximum Gasteiger partial charge on any atom is 0.189 e. The molecule has 204 valence electrons. The van der Waals surface area contributed by atoms with Crippen molar-refractivity contribution in [2.24, 2.45) is 22.9 Å². The monoisotopic (exact) mass is 505 g/mol. The van der Waals surface area contributed by atoms with Gasteiger partial charge in [-0.25, -0.2) is 0 Å². The lowest BCUT2D eigenvalue weighted by atomic mass is 9.88. The Kier molecular flexibility index (Phi) is 8.70. The second-order valence-corrected chi connectivity index (χ2v) is 10.7. The summed E-state index contributed by atoms with van der Waals surface area (Å²) in [6.07, 6.45) is -5.29. The standard InChI is InChI=1S/C22H43N5O8/c1-22(8-23)7-12(28)16(29)21(35-22)34-20-15(27-2)17(30)18-14(32-20)6-11(26)19(33-18)31-13-5-9(24)3-4-10(13)25/h9-21,27-30H,3-8,23-26H2,1-2H3/t9-,10?,11?,12?,13+,14+,15?,16?,17?,18?,19+,20?,21+,22?/m1/s1. The van der Waals surface area contributed by atoms with Gasteiger partial charge in [0.15, 0.2) is 18.9 Å². The average molecular weight is 506 g/mol. The van der Waals surface area contributed by atoms with Crippen LogP contribution in [0.1, 0.15) is 39.0 Å². The minimum Gasteiger partial charge on any atom is -0.390 e. The third kappa shape index (κ3) is 5.82. The maximum atomic E-state index is 11.2. The molecule has 0 amide bonds. The van der Waals surface area contributed by atoms with E-state index < -0.39 is 67.1 Å². The Hall–Kier alpha value is -0.520. The van der Waals surface area contributed by atoms with Crippen molar-refractivity contribution in [3.05, 3.63) is 0 Å². The summed E-state index contributed by atoms with van der Waals surface area (Å²) in [6, 6.07) is -1.40. The Balaban J connectivity index is 1.43. The van der Waals surface area contributed by atoms with Gasteiger partial charge in [-0.3, -0.25) is 0 Å². The van der Waals surface area contributed by atoms with E-state index in [0.717, 1.165) is 12.8 Å². The van der Waals surface area contributed by atoms with Crippen LogP contribution in [0, 0.1) is 0 Å². The molecule has 0 aromatic rings. The molecule has 1 saturated carbocycles. The lowest BCUT2D eigenvalue weighted by Gasteiger charge is -2.51. The van der Waals surface area contributed by atoms with Crippen LogP contribution in [0.5, 0.6) is 0 Å². The highest BCUT2D eigenvalue weighted by molar-refractivity contribution is 5.00. The SMILES string of the molecule is CNC1C(O[C@H]2OC(C)(CN)CC(O)C2O)O[C@H]2CC(N)[C@@H](O[C@H]3C[C@H](N)CCC3N)OC2C1O. The molecule has 13 heteroatoms. The molecule has 3 saturated heterocycles. The van der Waals surface area contributed by atoms with Crippen molar-refractivity contribution in [2.75, 3.05) is 13.6 Å². The van der Waals surface area contributed by atoms with E-state index >= 15 is 0 Å². The number of hydrogen-bond acceptors (Lipinski definition) is 13. The minimum absolute atomic E-state index is 0.0135. The van der Waals surface area contributed by atoms with Gasteiger partial charge in [0.05, 0.1) is 36.0 Å². The van der Waals surface area contributed by atoms with E-state index in [2.05, 4.69) is 5.32 Å². The average Bonchev–Trinajstić information content (AvgIpc) is 2.81. The molecule has 0 bridgehead atoms. The Bertz CT molecular complexity index is 709. The maximum absolute atomic E-state index is 11.2. The first-order valence-electron chi connectivity index (χ1n) is 12.5. The third-order valence-electron chi connectivity index (χ3n) is 7.76. The quantitative estimate of drug-likeness (QED) is 0.176. The van der Waals surface area contributed by atoms with Gasteiger partial charge >= 0.3 is 0 Å². The zero-order chi connectivity index (χ0) is 25.5. The number of aliphatic hydroxyl groups is 3. The molecule has 13 nitrogen and oxygen atoms in total. The topological polar surface area (TPSA) is 223 Å². The molecule has 1 aliphatic carbocycles. The first-order chi connectivity index (χ1) is 16.5. The zero-order valence-electron chi connectivity index (χ0n) is 20.4. The molecule has 3 heterocycles. The summed E-state index contributed by atoms with van der Waals surface area (Å²) in [4.78, 5) is 0. The molecule has 4 fully saturated rings. The fraction of sp³-hybridized carbons (Fsp3) is 1.00. The summed E-state index contributed by atoms with van der Waals surface area (Å²) in [7, 11) is 1.65. The van der Waals surface area contributed by atoms with Crippen LogP contribution < -0.4 is 28.3 Å². The van der Waals surface area contributed by atoms with Crippen molar-refractivity contribution in [2.45, 2.75) is 124 Å². The van der Waals surface area contributed by atoms with E-state index in [1.54, 1.807) is 14.0 Å². The normalized spacial score (nSPS) is 53.2. The van der Waals surface area contributed by atoms with Gasteiger partial charge in [0.2, 0.25) is 0 Å². The number of hydrogen-bond donors (Lipinski definition) is 8. The van der Waals surface area contributed by atoms with Gasteiger partial charge in [-0.05, 0) is 39.7 Å². The van der Waals surface area contributed by atoms with Crippen molar-refractivity contribution < 1.29 is 39.0 Å². The highest BCUT2D eigenvalue weighted by atomic mass is 16.8. The van der Waals surface area contributed by atoms with Crippen LogP contribution >= 0.6 is 0 Å². The summed E-state index contributed by atoms with van der Waals surface area (Å²) in [5.41, 5.74) is 23.6. The highest BCUT2D eigenvalue weighted by Crippen LogP contribution is 2.36. The first-order valence-corrected chi connectivity index (χ1v) is 12.5. The van der Waals surface area contributed by atoms with E-state index in [9.17, 15) is 15.3 Å². The molecule has 0 spiro atoms. The van der Waals surface area contributed by atoms with Crippen molar-refractivity contribution in [1.29, 1.82) is 0 Å². The number of fused-ring (bicyclic) bond motifs is 1. The number of rotatable bonds is 6. The number of aliphatic hydroxyl groups excluding tert-OH is 3. The van der Waals surface area contributed by atoms with Crippen LogP contribution in [0.15, 0.2) is 0 Å². The van der Waals surface area contributed by atoms with Crippen LogP contribution in [0.3, 0.4) is 0 Å². The molecule has 0 radical (unpaired) electrons. The lowest BCUT2D eigenvalue weighted by molar-refractivity contribution is -0.377. The van der Waals surface area contributed by atoms with E-state index in [4.69, 9.17) is 46.6 Å². The number of ether oxygens (including phenoxy) is 5. The van der Waals surface area contributed by atoms with Gasteiger partial charge in [-0.15, -0.1) is 0 Å². The Morgan fingerprint density at radius 1 is 0.943 bits per heavy atom. The van der Waals surface area contributed by atoms with Gasteiger partial charge in [-0.2, -0.15) is 0 Å². The summed E-state index contributed by atoms with van der Waals surface area (Å²) in [6.45, 7) is 1.87. The predicted molar refractivity (Wildman–Crippen MR) is 123 cm³/mol. The summed E-state index contributed by atoms with van der Waals surface area (Å²) in [5.74, 6) is 0. The van der Waals surface area contributed by atoms with Gasteiger partial charge < -0.3 is 67.3 Å². The van der Waals surface area contributed by atoms with Crippen LogP contribution in [-0.4, -0.2) is 114 Å². The fourth-order valence-corrected chi connectivity index (χ4v) is 5.50. The number of likely N-dealkylation sites (N-methyl/N-ethyl adjacent to an activating group) is 1. The second-order valence-electron chi connectivity index (χ2n) is 10.7. The zero-order valence-corrected chi connectivity index (χ0v) is 20.4. The van der Waals surface area contributed by atoms with Crippen molar-refractivity contribution >= 4 is 0 Å². The molecule has 12 N–H and O–H groups in total. The summed E-state index contributed by atoms with van der Waals surface area (Å²) in [5, 5.41) is 34.9. The van der Waals surface area contributed by atoms with E-state index in [0.29, 0.717) is 12.8 Å². The van der Waals surface area contributed by atoms with Crippen LogP contribution in [0.2, 0.25) is 0 Å². The largest absolute Gasteiger partial charge is 0.390 e. The van der Waals surface area contributed by atoms with Crippen molar-refractivity contribution in [3.8, 4) is 0 Å².